The molecule has 0 aromatic carbocycles. The molecule has 1 fully saturated rings. The lowest BCUT2D eigenvalue weighted by Crippen LogP contribution is -2.51. The second-order valence-corrected chi connectivity index (χ2v) is 5.55. The molecule has 2 rings (SSSR count). The summed E-state index contributed by atoms with van der Waals surface area (Å²) in [7, 11) is 1.84. The first-order valence-corrected chi connectivity index (χ1v) is 6.90. The molecule has 0 spiro atoms. The lowest BCUT2D eigenvalue weighted by atomic mass is 9.92. The van der Waals surface area contributed by atoms with Crippen LogP contribution in [0, 0.1) is 19.8 Å². The van der Waals surface area contributed by atoms with Gasteiger partial charge in [0, 0.05) is 12.6 Å². The van der Waals surface area contributed by atoms with E-state index in [0.29, 0.717) is 12.5 Å². The Bertz CT molecular complexity index is 436. The van der Waals surface area contributed by atoms with Gasteiger partial charge in [-0.1, -0.05) is 12.1 Å². The minimum atomic E-state index is -0.0563. The van der Waals surface area contributed by atoms with Crippen molar-refractivity contribution < 1.29 is 9.32 Å². The van der Waals surface area contributed by atoms with E-state index in [1.165, 1.54) is 0 Å². The smallest absolute Gasteiger partial charge is 0.240 e. The molecular weight excluding hydrogens is 242 g/mol. The van der Waals surface area contributed by atoms with Crippen molar-refractivity contribution in [3.63, 3.8) is 0 Å². The van der Waals surface area contributed by atoms with Crippen LogP contribution in [0.5, 0.6) is 0 Å². The second-order valence-electron chi connectivity index (χ2n) is 5.55. The van der Waals surface area contributed by atoms with E-state index in [1.807, 2.05) is 20.9 Å². The Hall–Kier alpha value is -1.36. The highest BCUT2D eigenvalue weighted by Crippen LogP contribution is 2.19. The Kier molecular flexibility index (Phi) is 4.24. The minimum absolute atomic E-state index is 0.0563. The minimum Gasteiger partial charge on any atom is -0.361 e. The highest BCUT2D eigenvalue weighted by Gasteiger charge is 2.30. The van der Waals surface area contributed by atoms with E-state index in [2.05, 4.69) is 17.4 Å². The molecule has 2 atom stereocenters. The Morgan fingerprint density at radius 1 is 1.53 bits per heavy atom. The molecule has 106 valence electrons. The van der Waals surface area contributed by atoms with Crippen LogP contribution in [0.25, 0.3) is 0 Å². The second kappa shape index (κ2) is 5.74. The van der Waals surface area contributed by atoms with Crippen LogP contribution in [0.15, 0.2) is 4.52 Å². The summed E-state index contributed by atoms with van der Waals surface area (Å²) in [5.41, 5.74) is 1.88. The van der Waals surface area contributed by atoms with Gasteiger partial charge >= 0.3 is 0 Å². The maximum atomic E-state index is 12.5. The van der Waals surface area contributed by atoms with Crippen LogP contribution >= 0.6 is 0 Å². The third-order valence-electron chi connectivity index (χ3n) is 3.99. The average molecular weight is 265 g/mol. The molecule has 5 nitrogen and oxygen atoms in total. The third-order valence-corrected chi connectivity index (χ3v) is 3.99. The molecule has 0 radical (unpaired) electrons. The van der Waals surface area contributed by atoms with E-state index in [0.717, 1.165) is 36.4 Å². The highest BCUT2D eigenvalue weighted by atomic mass is 16.5. The fraction of sp³-hybridized carbons (Fsp3) is 0.714. The van der Waals surface area contributed by atoms with Gasteiger partial charge in [0.05, 0.1) is 18.3 Å². The van der Waals surface area contributed by atoms with Gasteiger partial charge < -0.3 is 14.7 Å². The van der Waals surface area contributed by atoms with Gasteiger partial charge in [-0.25, -0.2) is 0 Å². The van der Waals surface area contributed by atoms with Crippen LogP contribution in [0.1, 0.15) is 36.8 Å². The molecular formula is C14H23N3O2. The predicted octanol–water partition coefficient (Wildman–Crippen LogP) is 1.64. The van der Waals surface area contributed by atoms with Crippen molar-refractivity contribution in [2.24, 2.45) is 5.92 Å². The lowest BCUT2D eigenvalue weighted by Gasteiger charge is -2.32. The average Bonchev–Trinajstić information content (AvgIpc) is 2.70. The molecule has 0 aliphatic carbocycles. The summed E-state index contributed by atoms with van der Waals surface area (Å²) < 4.78 is 5.14. The van der Waals surface area contributed by atoms with Crippen LogP contribution in [0.2, 0.25) is 0 Å². The first-order valence-electron chi connectivity index (χ1n) is 6.90. The summed E-state index contributed by atoms with van der Waals surface area (Å²) in [5, 5.41) is 7.26. The van der Waals surface area contributed by atoms with E-state index in [-0.39, 0.29) is 11.9 Å². The van der Waals surface area contributed by atoms with Gasteiger partial charge in [0.1, 0.15) is 5.76 Å². The summed E-state index contributed by atoms with van der Waals surface area (Å²) in [4.78, 5) is 14.2. The molecule has 2 unspecified atom stereocenters. The van der Waals surface area contributed by atoms with Crippen molar-refractivity contribution in [1.29, 1.82) is 0 Å². The van der Waals surface area contributed by atoms with E-state index >= 15 is 0 Å². The Labute approximate surface area is 114 Å². The summed E-state index contributed by atoms with van der Waals surface area (Å²) in [5.74, 6) is 1.35. The molecule has 1 N–H and O–H groups in total. The van der Waals surface area contributed by atoms with Crippen molar-refractivity contribution in [3.05, 3.63) is 17.0 Å². The zero-order valence-electron chi connectivity index (χ0n) is 12.2. The van der Waals surface area contributed by atoms with E-state index in [9.17, 15) is 4.79 Å². The molecule has 0 saturated carbocycles. The molecule has 0 bridgehead atoms. The lowest BCUT2D eigenvalue weighted by molar-refractivity contribution is -0.134. The monoisotopic (exact) mass is 265 g/mol. The van der Waals surface area contributed by atoms with Gasteiger partial charge in [-0.05, 0) is 39.2 Å². The van der Waals surface area contributed by atoms with Gasteiger partial charge in [-0.15, -0.1) is 0 Å². The van der Waals surface area contributed by atoms with Crippen LogP contribution in [-0.4, -0.2) is 35.6 Å². The van der Waals surface area contributed by atoms with Crippen LogP contribution in [0.3, 0.4) is 0 Å². The number of carbonyl (C=O) groups excluding carboxylic acids is 1. The first-order chi connectivity index (χ1) is 9.00. The van der Waals surface area contributed by atoms with Crippen molar-refractivity contribution in [3.8, 4) is 0 Å². The number of amides is 1. The summed E-state index contributed by atoms with van der Waals surface area (Å²) in [6, 6.07) is -0.0563. The van der Waals surface area contributed by atoms with Gasteiger partial charge in [0.25, 0.3) is 0 Å². The first kappa shape index (κ1) is 14.1. The highest BCUT2D eigenvalue weighted by molar-refractivity contribution is 5.82. The molecule has 1 aliphatic rings. The van der Waals surface area contributed by atoms with Crippen LogP contribution in [-0.2, 0) is 11.3 Å². The molecule has 5 heteroatoms. The summed E-state index contributed by atoms with van der Waals surface area (Å²) in [6.45, 7) is 7.42. The van der Waals surface area contributed by atoms with Gasteiger partial charge in [0.2, 0.25) is 5.91 Å². The number of aryl methyl sites for hydroxylation is 2. The standard InChI is InChI=1S/C14H23N3O2/c1-9-6-5-7-15-13(9)14(18)17(4)8-12-10(2)16-19-11(12)3/h9,13,15H,5-8H2,1-4H3. The van der Waals surface area contributed by atoms with Crippen LogP contribution < -0.4 is 5.32 Å². The van der Waals surface area contributed by atoms with Gasteiger partial charge in [-0.3, -0.25) is 4.79 Å². The molecule has 2 heterocycles. The Balaban J connectivity index is 2.03. The SMILES string of the molecule is Cc1noc(C)c1CN(C)C(=O)C1NCCCC1C. The number of rotatable bonds is 3. The summed E-state index contributed by atoms with van der Waals surface area (Å²) >= 11 is 0. The zero-order valence-corrected chi connectivity index (χ0v) is 12.2. The number of hydrogen-bond acceptors (Lipinski definition) is 4. The number of likely N-dealkylation sites (N-methyl/N-ethyl adjacent to an activating group) is 1. The number of piperidine rings is 1. The van der Waals surface area contributed by atoms with E-state index < -0.39 is 0 Å². The molecule has 1 aromatic rings. The van der Waals surface area contributed by atoms with Crippen molar-refractivity contribution in [2.45, 2.75) is 46.2 Å². The normalized spacial score (nSPS) is 23.4. The predicted molar refractivity (Wildman–Crippen MR) is 72.6 cm³/mol. The quantitative estimate of drug-likeness (QED) is 0.902. The van der Waals surface area contributed by atoms with Crippen LogP contribution in [0.4, 0.5) is 0 Å². The number of nitrogens with zero attached hydrogens (tertiary/aromatic N) is 2. The van der Waals surface area contributed by atoms with Gasteiger partial charge in [-0.2, -0.15) is 0 Å². The number of aromatic nitrogens is 1. The maximum Gasteiger partial charge on any atom is 0.240 e. The van der Waals surface area contributed by atoms with Crippen molar-refractivity contribution >= 4 is 5.91 Å². The molecule has 1 saturated heterocycles. The van der Waals surface area contributed by atoms with Crippen molar-refractivity contribution in [1.82, 2.24) is 15.4 Å². The number of hydrogen-bond donors (Lipinski definition) is 1. The summed E-state index contributed by atoms with van der Waals surface area (Å²) in [6.07, 6.45) is 2.26. The molecule has 1 aliphatic heterocycles. The van der Waals surface area contributed by atoms with Crippen molar-refractivity contribution in [2.75, 3.05) is 13.6 Å². The Morgan fingerprint density at radius 2 is 2.26 bits per heavy atom. The van der Waals surface area contributed by atoms with E-state index in [4.69, 9.17) is 4.52 Å². The third kappa shape index (κ3) is 2.97. The molecule has 1 amide bonds. The maximum absolute atomic E-state index is 12.5. The fourth-order valence-corrected chi connectivity index (χ4v) is 2.66. The Morgan fingerprint density at radius 3 is 2.84 bits per heavy atom. The van der Waals surface area contributed by atoms with E-state index in [1.54, 1.807) is 4.90 Å². The number of carbonyl (C=O) groups is 1. The molecule has 1 aromatic heterocycles. The number of nitrogens with one attached hydrogen (secondary N) is 1. The zero-order chi connectivity index (χ0) is 14.0. The largest absolute Gasteiger partial charge is 0.361 e. The topological polar surface area (TPSA) is 58.4 Å². The van der Waals surface area contributed by atoms with Gasteiger partial charge in [0.15, 0.2) is 0 Å². The fourth-order valence-electron chi connectivity index (χ4n) is 2.66. The molecule has 19 heavy (non-hydrogen) atoms.